The summed E-state index contributed by atoms with van der Waals surface area (Å²) in [5.41, 5.74) is 0.970. The summed E-state index contributed by atoms with van der Waals surface area (Å²) in [5.74, 6) is 0.884. The lowest BCUT2D eigenvalue weighted by Gasteiger charge is -2.19. The minimum Gasteiger partial charge on any atom is -0.392 e. The van der Waals surface area contributed by atoms with E-state index in [-0.39, 0.29) is 11.9 Å². The smallest absolute Gasteiger partial charge is 0.237 e. The maximum atomic E-state index is 11.9. The minimum absolute atomic E-state index is 0.0700. The molecule has 2 unspecified atom stereocenters. The average molecular weight is 292 g/mol. The monoisotopic (exact) mass is 292 g/mol. The summed E-state index contributed by atoms with van der Waals surface area (Å²) in [6.07, 6.45) is 1.85. The lowest BCUT2D eigenvalue weighted by atomic mass is 10.2. The van der Waals surface area contributed by atoms with E-state index in [1.807, 2.05) is 12.1 Å². The number of aromatic nitrogens is 1. The molecule has 6 nitrogen and oxygen atoms in total. The van der Waals surface area contributed by atoms with Gasteiger partial charge >= 0.3 is 0 Å². The van der Waals surface area contributed by atoms with Crippen molar-refractivity contribution in [2.45, 2.75) is 39.0 Å². The summed E-state index contributed by atoms with van der Waals surface area (Å²) in [6, 6.07) is 3.67. The van der Waals surface area contributed by atoms with Gasteiger partial charge in [-0.15, -0.1) is 0 Å². The van der Waals surface area contributed by atoms with Gasteiger partial charge in [-0.25, -0.2) is 4.98 Å². The molecule has 0 saturated carbocycles. The fraction of sp³-hybridized carbons (Fsp3) is 0.600. The quantitative estimate of drug-likeness (QED) is 0.701. The molecule has 0 radical (unpaired) electrons. The Kier molecular flexibility index (Phi) is 5.52. The molecule has 21 heavy (non-hydrogen) atoms. The highest BCUT2D eigenvalue weighted by Crippen LogP contribution is 2.11. The molecular formula is C15H24N4O2. The van der Waals surface area contributed by atoms with Crippen molar-refractivity contribution in [1.29, 1.82) is 0 Å². The van der Waals surface area contributed by atoms with Crippen LogP contribution >= 0.6 is 0 Å². The number of aliphatic hydroxyl groups is 1. The summed E-state index contributed by atoms with van der Waals surface area (Å²) in [7, 11) is 0. The number of hydrogen-bond donors (Lipinski definition) is 3. The van der Waals surface area contributed by atoms with Gasteiger partial charge in [-0.2, -0.15) is 0 Å². The Balaban J connectivity index is 1.84. The number of pyridine rings is 1. The Hall–Kier alpha value is -1.66. The number of nitrogens with one attached hydrogen (secondary N) is 2. The first-order chi connectivity index (χ1) is 10.1. The van der Waals surface area contributed by atoms with Crippen molar-refractivity contribution in [2.24, 2.45) is 0 Å². The van der Waals surface area contributed by atoms with Crippen LogP contribution in [0.1, 0.15) is 25.8 Å². The zero-order valence-corrected chi connectivity index (χ0v) is 12.7. The minimum atomic E-state index is -0.421. The molecule has 0 spiro atoms. The van der Waals surface area contributed by atoms with Crippen molar-refractivity contribution < 1.29 is 9.90 Å². The SMILES string of the molecule is CCN(CC)c1ccc(CNC(=O)C2CC(O)CN2)cn1. The van der Waals surface area contributed by atoms with E-state index in [0.717, 1.165) is 24.5 Å². The third-order valence-corrected chi connectivity index (χ3v) is 3.79. The lowest BCUT2D eigenvalue weighted by molar-refractivity contribution is -0.123. The molecule has 0 aromatic carbocycles. The number of carbonyl (C=O) groups is 1. The molecule has 0 bridgehead atoms. The summed E-state index contributed by atoms with van der Waals surface area (Å²) in [4.78, 5) is 18.5. The standard InChI is InChI=1S/C15H24N4O2/c1-3-19(4-2)14-6-5-11(8-17-14)9-18-15(21)13-7-12(20)10-16-13/h5-6,8,12-13,16,20H,3-4,7,9-10H2,1-2H3,(H,18,21). The highest BCUT2D eigenvalue weighted by atomic mass is 16.3. The third kappa shape index (κ3) is 4.15. The van der Waals surface area contributed by atoms with E-state index in [2.05, 4.69) is 34.4 Å². The number of hydrogen-bond acceptors (Lipinski definition) is 5. The Morgan fingerprint density at radius 1 is 1.48 bits per heavy atom. The van der Waals surface area contributed by atoms with Crippen LogP contribution in [0.25, 0.3) is 0 Å². The van der Waals surface area contributed by atoms with Gasteiger partial charge in [-0.05, 0) is 31.9 Å². The van der Waals surface area contributed by atoms with E-state index in [4.69, 9.17) is 0 Å². The molecule has 1 amide bonds. The summed E-state index contributed by atoms with van der Waals surface area (Å²) in [5, 5.41) is 15.3. The van der Waals surface area contributed by atoms with E-state index in [0.29, 0.717) is 19.5 Å². The molecule has 2 rings (SSSR count). The first kappa shape index (κ1) is 15.7. The van der Waals surface area contributed by atoms with Crippen LogP contribution in [0.2, 0.25) is 0 Å². The van der Waals surface area contributed by atoms with Crippen molar-refractivity contribution in [2.75, 3.05) is 24.5 Å². The fourth-order valence-electron chi connectivity index (χ4n) is 2.49. The van der Waals surface area contributed by atoms with Gasteiger partial charge < -0.3 is 20.6 Å². The van der Waals surface area contributed by atoms with Gasteiger partial charge in [-0.3, -0.25) is 4.79 Å². The van der Waals surface area contributed by atoms with Gasteiger partial charge in [-0.1, -0.05) is 6.07 Å². The largest absolute Gasteiger partial charge is 0.392 e. The van der Waals surface area contributed by atoms with Gasteiger partial charge in [0.1, 0.15) is 5.82 Å². The van der Waals surface area contributed by atoms with E-state index in [9.17, 15) is 9.90 Å². The van der Waals surface area contributed by atoms with Crippen LogP contribution in [0.5, 0.6) is 0 Å². The zero-order chi connectivity index (χ0) is 15.2. The Bertz CT molecular complexity index is 459. The molecular weight excluding hydrogens is 268 g/mol. The normalized spacial score (nSPS) is 21.3. The summed E-state index contributed by atoms with van der Waals surface area (Å²) >= 11 is 0. The zero-order valence-electron chi connectivity index (χ0n) is 12.7. The molecule has 6 heteroatoms. The van der Waals surface area contributed by atoms with Crippen molar-refractivity contribution in [3.05, 3.63) is 23.9 Å². The van der Waals surface area contributed by atoms with Crippen LogP contribution in [-0.2, 0) is 11.3 Å². The van der Waals surface area contributed by atoms with Gasteiger partial charge in [0.25, 0.3) is 0 Å². The van der Waals surface area contributed by atoms with Gasteiger partial charge in [0.2, 0.25) is 5.91 Å². The first-order valence-electron chi connectivity index (χ1n) is 7.53. The molecule has 0 aliphatic carbocycles. The van der Waals surface area contributed by atoms with Crippen molar-refractivity contribution in [3.63, 3.8) is 0 Å². The number of nitrogens with zero attached hydrogens (tertiary/aromatic N) is 2. The van der Waals surface area contributed by atoms with Crippen LogP contribution in [0, 0.1) is 0 Å². The molecule has 1 aliphatic rings. The highest BCUT2D eigenvalue weighted by molar-refractivity contribution is 5.82. The number of aliphatic hydroxyl groups excluding tert-OH is 1. The molecule has 1 aliphatic heterocycles. The number of amides is 1. The fourth-order valence-corrected chi connectivity index (χ4v) is 2.49. The molecule has 2 atom stereocenters. The second kappa shape index (κ2) is 7.38. The predicted molar refractivity (Wildman–Crippen MR) is 82.1 cm³/mol. The van der Waals surface area contributed by atoms with Crippen molar-refractivity contribution >= 4 is 11.7 Å². The lowest BCUT2D eigenvalue weighted by Crippen LogP contribution is -2.40. The third-order valence-electron chi connectivity index (χ3n) is 3.79. The van der Waals surface area contributed by atoms with Crippen LogP contribution in [0.4, 0.5) is 5.82 Å². The number of carbonyl (C=O) groups excluding carboxylic acids is 1. The Morgan fingerprint density at radius 3 is 2.76 bits per heavy atom. The second-order valence-electron chi connectivity index (χ2n) is 5.27. The first-order valence-corrected chi connectivity index (χ1v) is 7.53. The maximum Gasteiger partial charge on any atom is 0.237 e. The molecule has 1 aromatic heterocycles. The van der Waals surface area contributed by atoms with Crippen LogP contribution in [-0.4, -0.2) is 47.8 Å². The second-order valence-corrected chi connectivity index (χ2v) is 5.27. The number of rotatable bonds is 6. The summed E-state index contributed by atoms with van der Waals surface area (Å²) in [6.45, 7) is 6.99. The van der Waals surface area contributed by atoms with Crippen molar-refractivity contribution in [1.82, 2.24) is 15.6 Å². The summed E-state index contributed by atoms with van der Waals surface area (Å²) < 4.78 is 0. The van der Waals surface area contributed by atoms with Crippen LogP contribution in [0.3, 0.4) is 0 Å². The average Bonchev–Trinajstić information content (AvgIpc) is 2.94. The Morgan fingerprint density at radius 2 is 2.24 bits per heavy atom. The highest BCUT2D eigenvalue weighted by Gasteiger charge is 2.27. The van der Waals surface area contributed by atoms with Gasteiger partial charge in [0.15, 0.2) is 0 Å². The topological polar surface area (TPSA) is 77.5 Å². The van der Waals surface area contributed by atoms with Gasteiger partial charge in [0, 0.05) is 32.4 Å². The molecule has 1 aromatic rings. The van der Waals surface area contributed by atoms with E-state index < -0.39 is 6.10 Å². The molecule has 1 fully saturated rings. The Labute approximate surface area is 125 Å². The van der Waals surface area contributed by atoms with Crippen molar-refractivity contribution in [3.8, 4) is 0 Å². The molecule has 1 saturated heterocycles. The van der Waals surface area contributed by atoms with Gasteiger partial charge in [0.05, 0.1) is 12.1 Å². The molecule has 2 heterocycles. The van der Waals surface area contributed by atoms with E-state index in [1.165, 1.54) is 0 Å². The van der Waals surface area contributed by atoms with Crippen LogP contribution < -0.4 is 15.5 Å². The maximum absolute atomic E-state index is 11.9. The van der Waals surface area contributed by atoms with E-state index in [1.54, 1.807) is 6.20 Å². The van der Waals surface area contributed by atoms with Crippen LogP contribution in [0.15, 0.2) is 18.3 Å². The van der Waals surface area contributed by atoms with E-state index >= 15 is 0 Å². The molecule has 116 valence electrons. The molecule has 3 N–H and O–H groups in total. The predicted octanol–water partition coefficient (Wildman–Crippen LogP) is 0.267. The number of β-amino-alcohol motifs (C(OH)–C–C–N with tert-alkyl or cyclic N) is 1. The number of anilines is 1.